The van der Waals surface area contributed by atoms with E-state index in [0.29, 0.717) is 5.56 Å². The third-order valence-electron chi connectivity index (χ3n) is 5.37. The van der Waals surface area contributed by atoms with Crippen LogP contribution in [0.4, 0.5) is 13.2 Å². The van der Waals surface area contributed by atoms with Gasteiger partial charge in [-0.15, -0.1) is 0 Å². The van der Waals surface area contributed by atoms with Gasteiger partial charge in [-0.3, -0.25) is 4.79 Å². The number of rotatable bonds is 6. The summed E-state index contributed by atoms with van der Waals surface area (Å²) in [4.78, 5) is 11.7. The highest BCUT2D eigenvalue weighted by atomic mass is 19.4. The zero-order valence-corrected chi connectivity index (χ0v) is 17.0. The summed E-state index contributed by atoms with van der Waals surface area (Å²) in [6.45, 7) is 8.16. The fourth-order valence-electron chi connectivity index (χ4n) is 3.88. The molecule has 1 aliphatic rings. The van der Waals surface area contributed by atoms with Crippen LogP contribution in [-0.4, -0.2) is 18.8 Å². The van der Waals surface area contributed by atoms with Gasteiger partial charge in [-0.1, -0.05) is 55.8 Å². The van der Waals surface area contributed by atoms with Crippen LogP contribution in [0.2, 0.25) is 0 Å². The van der Waals surface area contributed by atoms with Crippen molar-refractivity contribution in [3.8, 4) is 0 Å². The largest absolute Gasteiger partial charge is 0.466 e. The van der Waals surface area contributed by atoms with Crippen molar-refractivity contribution in [3.05, 3.63) is 52.6 Å². The Balaban J connectivity index is 2.30. The van der Waals surface area contributed by atoms with Crippen LogP contribution in [0.3, 0.4) is 0 Å². The van der Waals surface area contributed by atoms with Crippen LogP contribution in [-0.2, 0) is 9.53 Å². The van der Waals surface area contributed by atoms with E-state index in [1.807, 2.05) is 12.2 Å². The standard InChI is InChI=1S/C23H29F3O2/c1-5-28-21(27)15-20(23(24,25)26)18-10-6-9-17(14-18)11-12-19-16(2)8-7-13-22(19,3)4/h6,9-12,14,20H,5,7-8,13,15H2,1-4H3. The van der Waals surface area contributed by atoms with Crippen molar-refractivity contribution in [2.24, 2.45) is 5.41 Å². The number of hydrogen-bond donors (Lipinski definition) is 0. The maximum absolute atomic E-state index is 13.5. The molecule has 1 unspecified atom stereocenters. The van der Waals surface area contributed by atoms with Crippen LogP contribution in [0, 0.1) is 5.41 Å². The minimum Gasteiger partial charge on any atom is -0.466 e. The summed E-state index contributed by atoms with van der Waals surface area (Å²) < 4.78 is 45.3. The number of esters is 1. The van der Waals surface area contributed by atoms with Crippen LogP contribution < -0.4 is 0 Å². The third kappa shape index (κ3) is 5.73. The average molecular weight is 394 g/mol. The fourth-order valence-corrected chi connectivity index (χ4v) is 3.88. The maximum atomic E-state index is 13.5. The minimum atomic E-state index is -4.51. The first kappa shape index (κ1) is 22.3. The summed E-state index contributed by atoms with van der Waals surface area (Å²) in [6.07, 6.45) is 1.99. The van der Waals surface area contributed by atoms with Gasteiger partial charge in [-0.2, -0.15) is 13.2 Å². The number of allylic oxidation sites excluding steroid dienone is 3. The molecule has 0 aromatic heterocycles. The molecule has 0 saturated heterocycles. The van der Waals surface area contributed by atoms with Crippen molar-refractivity contribution in [2.75, 3.05) is 6.61 Å². The zero-order valence-electron chi connectivity index (χ0n) is 17.0. The molecule has 154 valence electrons. The first-order valence-corrected chi connectivity index (χ1v) is 9.75. The van der Waals surface area contributed by atoms with Crippen molar-refractivity contribution in [3.63, 3.8) is 0 Å². The smallest absolute Gasteiger partial charge is 0.396 e. The molecule has 1 aromatic rings. The first-order chi connectivity index (χ1) is 13.0. The van der Waals surface area contributed by atoms with Crippen molar-refractivity contribution in [1.29, 1.82) is 0 Å². The van der Waals surface area contributed by atoms with Crippen LogP contribution in [0.1, 0.15) is 70.4 Å². The lowest BCUT2D eigenvalue weighted by atomic mass is 9.72. The van der Waals surface area contributed by atoms with Gasteiger partial charge >= 0.3 is 12.1 Å². The molecule has 2 rings (SSSR count). The second-order valence-electron chi connectivity index (χ2n) is 8.04. The van der Waals surface area contributed by atoms with Crippen molar-refractivity contribution in [1.82, 2.24) is 0 Å². The third-order valence-corrected chi connectivity index (χ3v) is 5.37. The SMILES string of the molecule is CCOC(=O)CC(c1cccc(C=CC2=C(C)CCCC2(C)C)c1)C(F)(F)F. The summed E-state index contributed by atoms with van der Waals surface area (Å²) in [5, 5.41) is 0. The zero-order chi connectivity index (χ0) is 20.9. The Morgan fingerprint density at radius 1 is 1.29 bits per heavy atom. The van der Waals surface area contributed by atoms with Gasteiger partial charge in [0, 0.05) is 0 Å². The Bertz CT molecular complexity index is 757. The molecule has 0 aliphatic heterocycles. The summed E-state index contributed by atoms with van der Waals surface area (Å²) in [6, 6.07) is 6.32. The van der Waals surface area contributed by atoms with Gasteiger partial charge in [0.25, 0.3) is 0 Å². The van der Waals surface area contributed by atoms with Crippen LogP contribution in [0.15, 0.2) is 41.5 Å². The van der Waals surface area contributed by atoms with Crippen LogP contribution in [0.5, 0.6) is 0 Å². The van der Waals surface area contributed by atoms with Gasteiger partial charge in [0.2, 0.25) is 0 Å². The van der Waals surface area contributed by atoms with Gasteiger partial charge in [0.05, 0.1) is 18.9 Å². The first-order valence-electron chi connectivity index (χ1n) is 9.75. The monoisotopic (exact) mass is 394 g/mol. The summed E-state index contributed by atoms with van der Waals surface area (Å²) in [7, 11) is 0. The number of benzene rings is 1. The molecule has 2 nitrogen and oxygen atoms in total. The van der Waals surface area contributed by atoms with Crippen molar-refractivity contribution in [2.45, 2.75) is 65.5 Å². The van der Waals surface area contributed by atoms with E-state index in [4.69, 9.17) is 4.74 Å². The molecule has 0 fully saturated rings. The quantitative estimate of drug-likeness (QED) is 0.495. The van der Waals surface area contributed by atoms with Crippen LogP contribution >= 0.6 is 0 Å². The Morgan fingerprint density at radius 3 is 2.61 bits per heavy atom. The Labute approximate surface area is 165 Å². The number of carbonyl (C=O) groups excluding carboxylic acids is 1. The Hall–Kier alpha value is -2.04. The summed E-state index contributed by atoms with van der Waals surface area (Å²) in [5.41, 5.74) is 3.42. The molecule has 1 aromatic carbocycles. The van der Waals surface area contributed by atoms with Crippen molar-refractivity contribution < 1.29 is 22.7 Å². The normalized spacial score (nSPS) is 18.4. The van der Waals surface area contributed by atoms with Gasteiger partial charge in [0.1, 0.15) is 0 Å². The highest BCUT2D eigenvalue weighted by molar-refractivity contribution is 5.71. The second-order valence-corrected chi connectivity index (χ2v) is 8.04. The predicted octanol–water partition coefficient (Wildman–Crippen LogP) is 6.83. The van der Waals surface area contributed by atoms with E-state index in [9.17, 15) is 18.0 Å². The molecule has 0 bridgehead atoms. The minimum absolute atomic E-state index is 0.0643. The molecule has 1 atom stereocenters. The van der Waals surface area contributed by atoms with Gasteiger partial charge in [0.15, 0.2) is 0 Å². The molecule has 0 heterocycles. The van der Waals surface area contributed by atoms with E-state index in [1.54, 1.807) is 19.1 Å². The number of halogens is 3. The highest BCUT2D eigenvalue weighted by Gasteiger charge is 2.42. The van der Waals surface area contributed by atoms with Gasteiger partial charge < -0.3 is 4.74 Å². The van der Waals surface area contributed by atoms with Gasteiger partial charge in [-0.05, 0) is 55.2 Å². The number of hydrogen-bond acceptors (Lipinski definition) is 2. The van der Waals surface area contributed by atoms with E-state index in [0.717, 1.165) is 19.3 Å². The summed E-state index contributed by atoms with van der Waals surface area (Å²) >= 11 is 0. The van der Waals surface area contributed by atoms with Crippen molar-refractivity contribution >= 4 is 12.0 Å². The molecule has 0 saturated carbocycles. The molecular weight excluding hydrogens is 365 g/mol. The second kappa shape index (κ2) is 8.97. The lowest BCUT2D eigenvalue weighted by molar-refractivity contribution is -0.166. The van der Waals surface area contributed by atoms with E-state index < -0.39 is 24.5 Å². The van der Waals surface area contributed by atoms with Gasteiger partial charge in [-0.25, -0.2) is 0 Å². The Morgan fingerprint density at radius 2 is 2.00 bits per heavy atom. The number of ether oxygens (including phenoxy) is 1. The molecule has 0 radical (unpaired) electrons. The van der Waals surface area contributed by atoms with E-state index >= 15 is 0 Å². The van der Waals surface area contributed by atoms with E-state index in [-0.39, 0.29) is 17.6 Å². The number of alkyl halides is 3. The number of carbonyl (C=O) groups is 1. The highest BCUT2D eigenvalue weighted by Crippen LogP contribution is 2.41. The molecule has 0 amide bonds. The van der Waals surface area contributed by atoms with E-state index in [1.165, 1.54) is 23.3 Å². The average Bonchev–Trinajstić information content (AvgIpc) is 2.58. The molecule has 5 heteroatoms. The van der Waals surface area contributed by atoms with E-state index in [2.05, 4.69) is 20.8 Å². The predicted molar refractivity (Wildman–Crippen MR) is 106 cm³/mol. The summed E-state index contributed by atoms with van der Waals surface area (Å²) in [5.74, 6) is -2.71. The fraction of sp³-hybridized carbons (Fsp3) is 0.522. The molecule has 28 heavy (non-hydrogen) atoms. The van der Waals surface area contributed by atoms with Crippen LogP contribution in [0.25, 0.3) is 6.08 Å². The topological polar surface area (TPSA) is 26.3 Å². The lowest BCUT2D eigenvalue weighted by Gasteiger charge is -2.32. The molecule has 1 aliphatic carbocycles. The lowest BCUT2D eigenvalue weighted by Crippen LogP contribution is -2.24. The molecule has 0 spiro atoms. The molecular formula is C23H29F3O2. The Kier molecular flexibility index (Phi) is 7.13. The maximum Gasteiger partial charge on any atom is 0.396 e. The molecule has 0 N–H and O–H groups in total.